The second kappa shape index (κ2) is 5.37. The molecule has 0 aliphatic carbocycles. The smallest absolute Gasteiger partial charge is 0.141 e. The van der Waals surface area contributed by atoms with Crippen LogP contribution in [0.3, 0.4) is 0 Å². The summed E-state index contributed by atoms with van der Waals surface area (Å²) in [4.78, 5) is 3.82. The van der Waals surface area contributed by atoms with Gasteiger partial charge in [-0.05, 0) is 32.4 Å². The second-order valence-corrected chi connectivity index (χ2v) is 4.50. The van der Waals surface area contributed by atoms with E-state index >= 15 is 0 Å². The molecule has 1 heterocycles. The number of hydrogen-bond acceptors (Lipinski definition) is 3. The van der Waals surface area contributed by atoms with Gasteiger partial charge < -0.3 is 10.1 Å². The highest BCUT2D eigenvalue weighted by atomic mass is 19.1. The molecule has 0 aromatic carbocycles. The van der Waals surface area contributed by atoms with Crippen molar-refractivity contribution in [1.82, 2.24) is 10.3 Å². The van der Waals surface area contributed by atoms with Gasteiger partial charge in [0.05, 0.1) is 11.8 Å². The van der Waals surface area contributed by atoms with Crippen molar-refractivity contribution in [2.75, 3.05) is 13.7 Å². The molecule has 4 heteroatoms. The zero-order chi connectivity index (χ0) is 12.2. The quantitative estimate of drug-likeness (QED) is 0.836. The van der Waals surface area contributed by atoms with E-state index in [1.807, 2.05) is 20.8 Å². The van der Waals surface area contributed by atoms with Gasteiger partial charge in [0.15, 0.2) is 0 Å². The number of ether oxygens (including phenoxy) is 1. The maximum Gasteiger partial charge on any atom is 0.141 e. The fourth-order valence-electron chi connectivity index (χ4n) is 1.25. The molecule has 16 heavy (non-hydrogen) atoms. The van der Waals surface area contributed by atoms with Crippen molar-refractivity contribution in [1.29, 1.82) is 0 Å². The molecular formula is C12H19FN2O. The Morgan fingerprint density at radius 2 is 2.19 bits per heavy atom. The lowest BCUT2D eigenvalue weighted by atomic mass is 10.1. The third-order valence-electron chi connectivity index (χ3n) is 2.61. The molecule has 1 atom stereocenters. The predicted octanol–water partition coefficient (Wildman–Crippen LogP) is 2.30. The summed E-state index contributed by atoms with van der Waals surface area (Å²) < 4.78 is 18.2. The summed E-state index contributed by atoms with van der Waals surface area (Å²) in [6.45, 7) is 6.66. The summed E-state index contributed by atoms with van der Waals surface area (Å²) >= 11 is 0. The molecule has 1 unspecified atom stereocenters. The summed E-state index contributed by atoms with van der Waals surface area (Å²) in [7, 11) is 1.68. The molecule has 1 rings (SSSR count). The Bertz CT molecular complexity index is 342. The van der Waals surface area contributed by atoms with Crippen molar-refractivity contribution in [2.45, 2.75) is 32.4 Å². The molecule has 0 saturated heterocycles. The highest BCUT2D eigenvalue weighted by Crippen LogP contribution is 2.14. The van der Waals surface area contributed by atoms with E-state index in [4.69, 9.17) is 4.74 Å². The van der Waals surface area contributed by atoms with Gasteiger partial charge in [-0.15, -0.1) is 0 Å². The van der Waals surface area contributed by atoms with Gasteiger partial charge in [0.1, 0.15) is 5.82 Å². The molecule has 0 saturated carbocycles. The molecule has 1 aromatic rings. The van der Waals surface area contributed by atoms with Crippen LogP contribution >= 0.6 is 0 Å². The minimum atomic E-state index is -0.308. The van der Waals surface area contributed by atoms with E-state index in [-0.39, 0.29) is 17.5 Å². The standard InChI is InChI=1S/C12H19FN2O/c1-9(15-8-12(2,3)16-4)10-5-11(13)7-14-6-10/h5-7,9,15H,8H2,1-4H3. The Kier molecular flexibility index (Phi) is 4.38. The lowest BCUT2D eigenvalue weighted by Gasteiger charge is -2.25. The number of aromatic nitrogens is 1. The minimum Gasteiger partial charge on any atom is -0.377 e. The topological polar surface area (TPSA) is 34.1 Å². The van der Waals surface area contributed by atoms with Crippen LogP contribution in [-0.2, 0) is 4.74 Å². The molecule has 0 spiro atoms. The molecule has 1 aromatic heterocycles. The van der Waals surface area contributed by atoms with Crippen LogP contribution in [-0.4, -0.2) is 24.2 Å². The molecule has 3 nitrogen and oxygen atoms in total. The number of nitrogens with zero attached hydrogens (tertiary/aromatic N) is 1. The van der Waals surface area contributed by atoms with Crippen LogP contribution in [0.25, 0.3) is 0 Å². The molecule has 0 aliphatic heterocycles. The number of rotatable bonds is 5. The summed E-state index contributed by atoms with van der Waals surface area (Å²) in [5.74, 6) is -0.308. The molecule has 1 N–H and O–H groups in total. The highest BCUT2D eigenvalue weighted by molar-refractivity contribution is 5.14. The SMILES string of the molecule is COC(C)(C)CNC(C)c1cncc(F)c1. The maximum atomic E-state index is 13.0. The molecule has 0 bridgehead atoms. The van der Waals surface area contributed by atoms with E-state index in [1.54, 1.807) is 13.3 Å². The Morgan fingerprint density at radius 1 is 1.50 bits per heavy atom. The van der Waals surface area contributed by atoms with E-state index in [2.05, 4.69) is 10.3 Å². The van der Waals surface area contributed by atoms with E-state index < -0.39 is 0 Å². The van der Waals surface area contributed by atoms with Crippen LogP contribution in [0.4, 0.5) is 4.39 Å². The lowest BCUT2D eigenvalue weighted by molar-refractivity contribution is 0.0214. The van der Waals surface area contributed by atoms with Gasteiger partial charge >= 0.3 is 0 Å². The average molecular weight is 226 g/mol. The van der Waals surface area contributed by atoms with Crippen molar-refractivity contribution in [2.24, 2.45) is 0 Å². The normalized spacial score (nSPS) is 13.8. The van der Waals surface area contributed by atoms with Gasteiger partial charge in [-0.2, -0.15) is 0 Å². The first-order valence-corrected chi connectivity index (χ1v) is 5.33. The zero-order valence-corrected chi connectivity index (χ0v) is 10.2. The largest absolute Gasteiger partial charge is 0.377 e. The van der Waals surface area contributed by atoms with Crippen LogP contribution in [0.2, 0.25) is 0 Å². The van der Waals surface area contributed by atoms with Crippen LogP contribution in [0.1, 0.15) is 32.4 Å². The molecule has 0 aliphatic rings. The number of nitrogens with one attached hydrogen (secondary N) is 1. The van der Waals surface area contributed by atoms with Gasteiger partial charge in [0.2, 0.25) is 0 Å². The number of hydrogen-bond donors (Lipinski definition) is 1. The Morgan fingerprint density at radius 3 is 2.75 bits per heavy atom. The average Bonchev–Trinajstić information content (AvgIpc) is 2.26. The second-order valence-electron chi connectivity index (χ2n) is 4.50. The van der Waals surface area contributed by atoms with Gasteiger partial charge in [-0.1, -0.05) is 0 Å². The van der Waals surface area contributed by atoms with Gasteiger partial charge in [-0.3, -0.25) is 4.98 Å². The Labute approximate surface area is 96.0 Å². The summed E-state index contributed by atoms with van der Waals surface area (Å²) in [6.07, 6.45) is 2.87. The first kappa shape index (κ1) is 13.1. The first-order chi connectivity index (χ1) is 7.44. The van der Waals surface area contributed by atoms with Crippen molar-refractivity contribution < 1.29 is 9.13 Å². The molecule has 90 valence electrons. The van der Waals surface area contributed by atoms with Gasteiger partial charge in [0.25, 0.3) is 0 Å². The van der Waals surface area contributed by atoms with Crippen LogP contribution < -0.4 is 5.32 Å². The predicted molar refractivity (Wildman–Crippen MR) is 61.7 cm³/mol. The number of pyridine rings is 1. The first-order valence-electron chi connectivity index (χ1n) is 5.33. The highest BCUT2D eigenvalue weighted by Gasteiger charge is 2.17. The summed E-state index contributed by atoms with van der Waals surface area (Å²) in [5.41, 5.74) is 0.613. The minimum absolute atomic E-state index is 0.0534. The van der Waals surface area contributed by atoms with Crippen molar-refractivity contribution in [3.05, 3.63) is 29.8 Å². The fourth-order valence-corrected chi connectivity index (χ4v) is 1.25. The zero-order valence-electron chi connectivity index (χ0n) is 10.2. The third-order valence-corrected chi connectivity index (χ3v) is 2.61. The van der Waals surface area contributed by atoms with Crippen LogP contribution in [0.15, 0.2) is 18.5 Å². The van der Waals surface area contributed by atoms with E-state index in [1.165, 1.54) is 12.3 Å². The Balaban J connectivity index is 2.56. The molecule has 0 fully saturated rings. The number of methoxy groups -OCH3 is 1. The lowest BCUT2D eigenvalue weighted by Crippen LogP contribution is -2.37. The Hall–Kier alpha value is -1.00. The maximum absolute atomic E-state index is 13.0. The van der Waals surface area contributed by atoms with E-state index in [0.29, 0.717) is 6.54 Å². The van der Waals surface area contributed by atoms with Crippen molar-refractivity contribution >= 4 is 0 Å². The third kappa shape index (κ3) is 3.87. The van der Waals surface area contributed by atoms with Crippen LogP contribution in [0.5, 0.6) is 0 Å². The fraction of sp³-hybridized carbons (Fsp3) is 0.583. The molecule has 0 radical (unpaired) electrons. The van der Waals surface area contributed by atoms with Gasteiger partial charge in [-0.25, -0.2) is 4.39 Å². The van der Waals surface area contributed by atoms with Crippen molar-refractivity contribution in [3.8, 4) is 0 Å². The van der Waals surface area contributed by atoms with E-state index in [0.717, 1.165) is 5.56 Å². The number of halogens is 1. The molecule has 0 amide bonds. The van der Waals surface area contributed by atoms with E-state index in [9.17, 15) is 4.39 Å². The monoisotopic (exact) mass is 226 g/mol. The van der Waals surface area contributed by atoms with Crippen LogP contribution in [0, 0.1) is 5.82 Å². The van der Waals surface area contributed by atoms with Crippen molar-refractivity contribution in [3.63, 3.8) is 0 Å². The summed E-state index contributed by atoms with van der Waals surface area (Å²) in [6, 6.07) is 1.54. The molecular weight excluding hydrogens is 207 g/mol. The van der Waals surface area contributed by atoms with Gasteiger partial charge in [0, 0.05) is 25.9 Å². The summed E-state index contributed by atoms with van der Waals surface area (Å²) in [5, 5.41) is 3.29.